The van der Waals surface area contributed by atoms with Crippen molar-refractivity contribution in [1.29, 1.82) is 0 Å². The molecule has 0 aromatic heterocycles. The number of amides is 5. The molecule has 0 spiro atoms. The molecule has 0 aliphatic carbocycles. The van der Waals surface area contributed by atoms with E-state index in [1.807, 2.05) is 0 Å². The molecule has 0 saturated heterocycles. The van der Waals surface area contributed by atoms with Crippen molar-refractivity contribution in [3.05, 3.63) is 120 Å². The summed E-state index contributed by atoms with van der Waals surface area (Å²) in [4.78, 5) is 76.5. The minimum absolute atomic E-state index is 0.0128. The van der Waals surface area contributed by atoms with Crippen LogP contribution in [0.3, 0.4) is 0 Å². The van der Waals surface area contributed by atoms with E-state index in [0.717, 1.165) is 0 Å². The van der Waals surface area contributed by atoms with Crippen LogP contribution in [0.15, 0.2) is 97.6 Å². The lowest BCUT2D eigenvalue weighted by Crippen LogP contribution is -2.46. The molecule has 15 nitrogen and oxygen atoms in total. The first-order valence-electron chi connectivity index (χ1n) is 17.1. The standard InChI is InChI=1S/C40H42N6O9/c1-5-21-54-34-30(38(50)43-28-17-11-26(12-18-28)40(52)53-6-2)19-20-31(35(34)55-23(3)4)45-36(48)25-9-15-29(16-10-25)44-39(51)32(22-33(42)47)46-37(49)24-7-13-27(41)14-8-24/h5,7-20,23,32H,1,6,21-22,41H2,2-4H3,(H2,42,47)(H,43,50)(H,44,51)(H,45,48)(H,46,49)/t32-/m0/s1. The maximum atomic E-state index is 13.5. The van der Waals surface area contributed by atoms with Gasteiger partial charge in [-0.05, 0) is 106 Å². The summed E-state index contributed by atoms with van der Waals surface area (Å²) >= 11 is 0. The van der Waals surface area contributed by atoms with E-state index in [1.165, 1.54) is 78.9 Å². The molecule has 0 saturated carbocycles. The van der Waals surface area contributed by atoms with Gasteiger partial charge in [-0.25, -0.2) is 4.79 Å². The Balaban J connectivity index is 1.51. The summed E-state index contributed by atoms with van der Waals surface area (Å²) in [5, 5.41) is 10.7. The van der Waals surface area contributed by atoms with Gasteiger partial charge in [0.2, 0.25) is 11.8 Å². The van der Waals surface area contributed by atoms with Crippen LogP contribution in [0.1, 0.15) is 68.6 Å². The fourth-order valence-corrected chi connectivity index (χ4v) is 5.00. The molecule has 55 heavy (non-hydrogen) atoms. The molecular weight excluding hydrogens is 708 g/mol. The Labute approximate surface area is 317 Å². The van der Waals surface area contributed by atoms with E-state index >= 15 is 0 Å². The number of hydrogen-bond acceptors (Lipinski definition) is 10. The highest BCUT2D eigenvalue weighted by molar-refractivity contribution is 6.10. The fourth-order valence-electron chi connectivity index (χ4n) is 5.00. The summed E-state index contributed by atoms with van der Waals surface area (Å²) < 4.78 is 17.0. The second kappa shape index (κ2) is 19.1. The molecule has 8 N–H and O–H groups in total. The molecule has 0 heterocycles. The molecule has 0 bridgehead atoms. The molecule has 4 rings (SSSR count). The predicted octanol–water partition coefficient (Wildman–Crippen LogP) is 4.91. The third kappa shape index (κ3) is 11.4. The van der Waals surface area contributed by atoms with Crippen LogP contribution in [0.2, 0.25) is 0 Å². The van der Waals surface area contributed by atoms with E-state index in [4.69, 9.17) is 25.7 Å². The molecule has 15 heteroatoms. The molecule has 1 atom stereocenters. The molecule has 0 radical (unpaired) electrons. The van der Waals surface area contributed by atoms with Crippen LogP contribution in [0.25, 0.3) is 0 Å². The van der Waals surface area contributed by atoms with Crippen molar-refractivity contribution in [2.24, 2.45) is 5.73 Å². The van der Waals surface area contributed by atoms with Gasteiger partial charge in [0.1, 0.15) is 12.6 Å². The number of esters is 1. The van der Waals surface area contributed by atoms with Gasteiger partial charge in [-0.15, -0.1) is 0 Å². The second-order valence-corrected chi connectivity index (χ2v) is 12.2. The SMILES string of the molecule is C=CCOc1c(C(=O)Nc2ccc(C(=O)OCC)cc2)ccc(NC(=O)c2ccc(NC(=O)[C@H](CC(N)=O)NC(=O)c3ccc(N)cc3)cc2)c1OC(C)C. The number of hydrogen-bond donors (Lipinski definition) is 6. The van der Waals surface area contributed by atoms with Gasteiger partial charge in [-0.2, -0.15) is 0 Å². The van der Waals surface area contributed by atoms with Crippen molar-refractivity contribution in [1.82, 2.24) is 5.32 Å². The van der Waals surface area contributed by atoms with Gasteiger partial charge in [0.05, 0.1) is 35.9 Å². The molecule has 0 aliphatic rings. The first-order chi connectivity index (χ1) is 26.3. The number of nitrogens with two attached hydrogens (primary N) is 2. The van der Waals surface area contributed by atoms with Gasteiger partial charge in [0.25, 0.3) is 17.7 Å². The third-order valence-corrected chi connectivity index (χ3v) is 7.57. The smallest absolute Gasteiger partial charge is 0.338 e. The summed E-state index contributed by atoms with van der Waals surface area (Å²) in [5.74, 6) is -3.56. The lowest BCUT2D eigenvalue weighted by molar-refractivity contribution is -0.123. The molecule has 4 aromatic carbocycles. The highest BCUT2D eigenvalue weighted by atomic mass is 16.5. The van der Waals surface area contributed by atoms with Gasteiger partial charge in [-0.3, -0.25) is 24.0 Å². The summed E-state index contributed by atoms with van der Waals surface area (Å²) in [6, 6.07) is 19.7. The monoisotopic (exact) mass is 750 g/mol. The highest BCUT2D eigenvalue weighted by Crippen LogP contribution is 2.40. The van der Waals surface area contributed by atoms with Crippen LogP contribution in [0.5, 0.6) is 11.5 Å². The number of ether oxygens (including phenoxy) is 3. The first-order valence-corrected chi connectivity index (χ1v) is 17.1. The van der Waals surface area contributed by atoms with Crippen LogP contribution in [0, 0.1) is 0 Å². The van der Waals surface area contributed by atoms with E-state index in [-0.39, 0.29) is 52.8 Å². The van der Waals surface area contributed by atoms with Crippen LogP contribution < -0.4 is 42.2 Å². The van der Waals surface area contributed by atoms with Crippen LogP contribution in [-0.2, 0) is 14.3 Å². The van der Waals surface area contributed by atoms with Gasteiger partial charge < -0.3 is 46.9 Å². The number of anilines is 4. The Bertz CT molecular complexity index is 2050. The topological polar surface area (TPSA) is 230 Å². The first kappa shape index (κ1) is 40.6. The summed E-state index contributed by atoms with van der Waals surface area (Å²) in [7, 11) is 0. The van der Waals surface area contributed by atoms with Crippen LogP contribution >= 0.6 is 0 Å². The molecule has 5 amide bonds. The largest absolute Gasteiger partial charge is 0.485 e. The number of carbonyl (C=O) groups excluding carboxylic acids is 6. The quantitative estimate of drug-likeness (QED) is 0.0485. The average molecular weight is 751 g/mol. The van der Waals surface area contributed by atoms with E-state index in [1.54, 1.807) is 32.9 Å². The van der Waals surface area contributed by atoms with Crippen molar-refractivity contribution in [2.75, 3.05) is 34.9 Å². The Morgan fingerprint density at radius 1 is 0.727 bits per heavy atom. The van der Waals surface area contributed by atoms with Gasteiger partial charge in [-0.1, -0.05) is 12.7 Å². The lowest BCUT2D eigenvalue weighted by atomic mass is 10.1. The number of carbonyl (C=O) groups is 6. The molecule has 0 fully saturated rings. The number of rotatable bonds is 17. The average Bonchev–Trinajstić information content (AvgIpc) is 3.15. The summed E-state index contributed by atoms with van der Waals surface area (Å²) in [6.07, 6.45) is 0.634. The predicted molar refractivity (Wildman–Crippen MR) is 207 cm³/mol. The molecule has 0 unspecified atom stereocenters. The maximum Gasteiger partial charge on any atom is 0.338 e. The number of nitrogen functional groups attached to an aromatic ring is 1. The van der Waals surface area contributed by atoms with Gasteiger partial charge in [0.15, 0.2) is 11.5 Å². The van der Waals surface area contributed by atoms with Crippen molar-refractivity contribution in [3.8, 4) is 11.5 Å². The Morgan fingerprint density at radius 3 is 1.89 bits per heavy atom. The summed E-state index contributed by atoms with van der Waals surface area (Å²) in [5.41, 5.74) is 13.2. The highest BCUT2D eigenvalue weighted by Gasteiger charge is 2.26. The van der Waals surface area contributed by atoms with E-state index < -0.39 is 54.1 Å². The Kier molecular flexibility index (Phi) is 14.1. The van der Waals surface area contributed by atoms with Crippen molar-refractivity contribution in [3.63, 3.8) is 0 Å². The van der Waals surface area contributed by atoms with E-state index in [0.29, 0.717) is 16.9 Å². The van der Waals surface area contributed by atoms with Gasteiger partial charge >= 0.3 is 5.97 Å². The Morgan fingerprint density at radius 2 is 1.31 bits per heavy atom. The van der Waals surface area contributed by atoms with E-state index in [2.05, 4.69) is 27.8 Å². The van der Waals surface area contributed by atoms with Crippen molar-refractivity contribution in [2.45, 2.75) is 39.3 Å². The fraction of sp³-hybridized carbons (Fsp3) is 0.200. The number of benzene rings is 4. The number of nitrogens with one attached hydrogen (secondary N) is 4. The molecule has 4 aromatic rings. The van der Waals surface area contributed by atoms with Crippen LogP contribution in [0.4, 0.5) is 22.7 Å². The lowest BCUT2D eigenvalue weighted by Gasteiger charge is -2.21. The van der Waals surface area contributed by atoms with Crippen LogP contribution in [-0.4, -0.2) is 60.9 Å². The number of primary amides is 1. The zero-order chi connectivity index (χ0) is 40.1. The van der Waals surface area contributed by atoms with Crippen molar-refractivity contribution < 1.29 is 43.0 Å². The normalized spacial score (nSPS) is 11.1. The molecule has 0 aliphatic heterocycles. The summed E-state index contributed by atoms with van der Waals surface area (Å²) in [6.45, 7) is 9.17. The van der Waals surface area contributed by atoms with Gasteiger partial charge in [0, 0.05) is 28.2 Å². The zero-order valence-electron chi connectivity index (χ0n) is 30.5. The minimum Gasteiger partial charge on any atom is -0.485 e. The molecule has 286 valence electrons. The third-order valence-electron chi connectivity index (χ3n) is 7.57. The Hall–Kier alpha value is -7.16. The van der Waals surface area contributed by atoms with E-state index in [9.17, 15) is 28.8 Å². The second-order valence-electron chi connectivity index (χ2n) is 12.2. The molecular formula is C40H42N6O9. The zero-order valence-corrected chi connectivity index (χ0v) is 30.5. The maximum absolute atomic E-state index is 13.5. The van der Waals surface area contributed by atoms with Crippen molar-refractivity contribution >= 4 is 58.3 Å². The minimum atomic E-state index is -1.29.